The van der Waals surface area contributed by atoms with E-state index < -0.39 is 13.6 Å². The first-order valence-electron chi connectivity index (χ1n) is 9.77. The van der Waals surface area contributed by atoms with Gasteiger partial charge in [-0.05, 0) is 60.6 Å². The number of fused-ring (bicyclic) bond motifs is 1. The molecule has 0 bridgehead atoms. The van der Waals surface area contributed by atoms with Crippen molar-refractivity contribution < 1.29 is 19.3 Å². The van der Waals surface area contributed by atoms with Crippen molar-refractivity contribution in [3.8, 4) is 17.2 Å². The molecule has 1 fully saturated rings. The Kier molecular flexibility index (Phi) is 5.42. The molecule has 0 saturated heterocycles. The van der Waals surface area contributed by atoms with Crippen molar-refractivity contribution in [3.63, 3.8) is 0 Å². The van der Waals surface area contributed by atoms with Crippen LogP contribution in [0.4, 0.5) is 0 Å². The van der Waals surface area contributed by atoms with Gasteiger partial charge in [0, 0.05) is 5.54 Å². The van der Waals surface area contributed by atoms with Gasteiger partial charge in [-0.15, -0.1) is 0 Å². The third-order valence-corrected chi connectivity index (χ3v) is 8.36. The molecule has 154 valence electrons. The molecule has 2 aliphatic rings. The van der Waals surface area contributed by atoms with Crippen molar-refractivity contribution in [2.75, 3.05) is 21.3 Å². The minimum atomic E-state index is -1.68. The molecule has 1 saturated carbocycles. The van der Waals surface area contributed by atoms with Crippen LogP contribution in [0.5, 0.6) is 17.2 Å². The number of methoxy groups -OCH3 is 3. The Morgan fingerprint density at radius 2 is 1.64 bits per heavy atom. The lowest BCUT2D eigenvalue weighted by molar-refractivity contribution is 0.174. The molecule has 3 N–H and O–H groups in total. The third kappa shape index (κ3) is 3.38. The summed E-state index contributed by atoms with van der Waals surface area (Å²) < 4.78 is 16.7. The first kappa shape index (κ1) is 21.0. The lowest BCUT2D eigenvalue weighted by Gasteiger charge is -2.40. The molecule has 2 aliphatic carbocycles. The molecule has 0 aromatic heterocycles. The number of aliphatic hydroxyl groups is 1. The third-order valence-electron chi connectivity index (χ3n) is 6.12. The van der Waals surface area contributed by atoms with E-state index in [0.29, 0.717) is 30.1 Å². The largest absolute Gasteiger partial charge is 0.493 e. The van der Waals surface area contributed by atoms with Gasteiger partial charge < -0.3 is 25.1 Å². The molecule has 2 atom stereocenters. The minimum Gasteiger partial charge on any atom is -0.493 e. The molecule has 28 heavy (non-hydrogen) atoms. The average molecular weight is 404 g/mol. The van der Waals surface area contributed by atoms with Crippen LogP contribution < -0.4 is 19.9 Å². The van der Waals surface area contributed by atoms with Gasteiger partial charge in [0.05, 0.1) is 35.5 Å². The van der Waals surface area contributed by atoms with Gasteiger partial charge in [0.25, 0.3) is 0 Å². The van der Waals surface area contributed by atoms with Crippen LogP contribution in [0.2, 0.25) is 19.6 Å². The summed E-state index contributed by atoms with van der Waals surface area (Å²) in [5, 5.41) is 11.8. The maximum atomic E-state index is 10.3. The van der Waals surface area contributed by atoms with Crippen molar-refractivity contribution in [1.29, 1.82) is 0 Å². The quantitative estimate of drug-likeness (QED) is 0.729. The number of benzene rings is 1. The molecular formula is C22H33NO4Si. The topological polar surface area (TPSA) is 73.9 Å². The van der Waals surface area contributed by atoms with Crippen LogP contribution in [0, 0.1) is 0 Å². The van der Waals surface area contributed by atoms with Crippen molar-refractivity contribution in [3.05, 3.63) is 34.0 Å². The van der Waals surface area contributed by atoms with E-state index in [-0.39, 0.29) is 6.10 Å². The minimum absolute atomic E-state index is 0.364. The highest BCUT2D eigenvalue weighted by molar-refractivity contribution is 6.84. The molecule has 3 rings (SSSR count). The molecule has 0 spiro atoms. The smallest absolute Gasteiger partial charge is 0.203 e. The van der Waals surface area contributed by atoms with E-state index in [0.717, 1.165) is 12.0 Å². The number of hydrogen-bond acceptors (Lipinski definition) is 5. The van der Waals surface area contributed by atoms with Gasteiger partial charge >= 0.3 is 0 Å². The Balaban J connectivity index is 2.29. The zero-order chi connectivity index (χ0) is 20.9. The molecule has 6 heteroatoms. The van der Waals surface area contributed by atoms with Crippen LogP contribution in [0.15, 0.2) is 28.5 Å². The number of nitrogens with two attached hydrogens (primary N) is 1. The Bertz CT molecular complexity index is 828. The zero-order valence-corrected chi connectivity index (χ0v) is 19.1. The van der Waals surface area contributed by atoms with Crippen molar-refractivity contribution in [1.82, 2.24) is 0 Å². The summed E-state index contributed by atoms with van der Waals surface area (Å²) in [5.41, 5.74) is 11.1. The maximum Gasteiger partial charge on any atom is 0.203 e. The van der Waals surface area contributed by atoms with Gasteiger partial charge in [0.1, 0.15) is 0 Å². The van der Waals surface area contributed by atoms with E-state index in [9.17, 15) is 5.11 Å². The summed E-state index contributed by atoms with van der Waals surface area (Å²) in [4.78, 5) is 0. The second kappa shape index (κ2) is 7.24. The molecule has 0 heterocycles. The second-order valence-electron chi connectivity index (χ2n) is 9.02. The fourth-order valence-electron chi connectivity index (χ4n) is 4.80. The van der Waals surface area contributed by atoms with E-state index in [1.807, 2.05) is 12.1 Å². The van der Waals surface area contributed by atoms with Crippen molar-refractivity contribution in [2.24, 2.45) is 5.73 Å². The van der Waals surface area contributed by atoms with E-state index in [4.69, 9.17) is 19.9 Å². The predicted octanol–water partition coefficient (Wildman–Crippen LogP) is 3.92. The van der Waals surface area contributed by atoms with Gasteiger partial charge in [-0.3, -0.25) is 0 Å². The summed E-state index contributed by atoms with van der Waals surface area (Å²) in [6, 6.07) is 4.05. The first-order chi connectivity index (χ1) is 13.1. The number of aliphatic hydroxyl groups excluding tert-OH is 1. The fourth-order valence-corrected chi connectivity index (χ4v) is 6.73. The lowest BCUT2D eigenvalue weighted by Crippen LogP contribution is -2.45. The second-order valence-corrected chi connectivity index (χ2v) is 14.1. The Morgan fingerprint density at radius 1 is 1.07 bits per heavy atom. The van der Waals surface area contributed by atoms with Gasteiger partial charge in [0.15, 0.2) is 11.5 Å². The van der Waals surface area contributed by atoms with E-state index in [1.54, 1.807) is 21.3 Å². The normalized spacial score (nSPS) is 25.1. The standard InChI is InChI=1S/C22H33NO4Si/c1-13-16-10-15(24)11-22(16,23)12-19(28(5,6)7)20(13)14-8-17(25-2)21(27-4)18(9-14)26-3/h8-9,15,24H,10-12,23H2,1-7H3/t15-,22-/m0/s1. The summed E-state index contributed by atoms with van der Waals surface area (Å²) in [6.07, 6.45) is 1.72. The van der Waals surface area contributed by atoms with E-state index >= 15 is 0 Å². The number of allylic oxidation sites excluding steroid dienone is 2. The first-order valence-corrected chi connectivity index (χ1v) is 13.3. The molecule has 5 nitrogen and oxygen atoms in total. The molecule has 0 aliphatic heterocycles. The van der Waals surface area contributed by atoms with Gasteiger partial charge in [-0.2, -0.15) is 0 Å². The highest BCUT2D eigenvalue weighted by Crippen LogP contribution is 2.51. The van der Waals surface area contributed by atoms with Gasteiger partial charge in [0.2, 0.25) is 5.75 Å². The summed E-state index contributed by atoms with van der Waals surface area (Å²) in [6.45, 7) is 9.21. The van der Waals surface area contributed by atoms with Crippen LogP contribution in [-0.2, 0) is 0 Å². The zero-order valence-electron chi connectivity index (χ0n) is 18.1. The number of ether oxygens (including phenoxy) is 3. The van der Waals surface area contributed by atoms with Crippen LogP contribution in [0.3, 0.4) is 0 Å². The highest BCUT2D eigenvalue weighted by Gasteiger charge is 2.46. The number of hydrogen-bond donors (Lipinski definition) is 2. The van der Waals surface area contributed by atoms with Crippen LogP contribution in [0.1, 0.15) is 31.7 Å². The monoisotopic (exact) mass is 403 g/mol. The molecule has 1 aromatic rings. The summed E-state index contributed by atoms with van der Waals surface area (Å²) >= 11 is 0. The molecular weight excluding hydrogens is 370 g/mol. The molecule has 0 radical (unpaired) electrons. The average Bonchev–Trinajstić information content (AvgIpc) is 2.94. The Hall–Kier alpha value is -1.76. The Morgan fingerprint density at radius 3 is 2.11 bits per heavy atom. The summed E-state index contributed by atoms with van der Waals surface area (Å²) in [7, 11) is 3.21. The molecule has 0 amide bonds. The molecule has 0 unspecified atom stereocenters. The molecule has 1 aromatic carbocycles. The van der Waals surface area contributed by atoms with Crippen molar-refractivity contribution in [2.45, 2.75) is 57.5 Å². The van der Waals surface area contributed by atoms with Crippen molar-refractivity contribution >= 4 is 13.6 Å². The Labute approximate surface area is 169 Å². The SMILES string of the molecule is COc1cc(C2=C([Si](C)(C)C)C[C@@]3(N)C[C@@H](O)CC3=C2C)cc(OC)c1OC. The van der Waals surface area contributed by atoms with E-state index in [2.05, 4.69) is 26.6 Å². The van der Waals surface area contributed by atoms with Crippen LogP contribution >= 0.6 is 0 Å². The fraction of sp³-hybridized carbons (Fsp3) is 0.545. The summed E-state index contributed by atoms with van der Waals surface area (Å²) in [5.74, 6) is 1.88. The predicted molar refractivity (Wildman–Crippen MR) is 116 cm³/mol. The van der Waals surface area contributed by atoms with Gasteiger partial charge in [-0.1, -0.05) is 24.8 Å². The van der Waals surface area contributed by atoms with Crippen LogP contribution in [0.25, 0.3) is 5.57 Å². The lowest BCUT2D eigenvalue weighted by atomic mass is 9.78. The maximum absolute atomic E-state index is 10.3. The van der Waals surface area contributed by atoms with Gasteiger partial charge in [-0.25, -0.2) is 0 Å². The van der Waals surface area contributed by atoms with E-state index in [1.165, 1.54) is 21.9 Å². The van der Waals surface area contributed by atoms with Crippen LogP contribution in [-0.4, -0.2) is 46.2 Å². The highest BCUT2D eigenvalue weighted by atomic mass is 28.3. The number of rotatable bonds is 5.